The first kappa shape index (κ1) is 6.70. The van der Waals surface area contributed by atoms with E-state index in [9.17, 15) is 0 Å². The largest absolute Gasteiger partial charge is 0.390 e. The van der Waals surface area contributed by atoms with Crippen LogP contribution in [0.15, 0.2) is 12.7 Å². The second-order valence-corrected chi connectivity index (χ2v) is 1.40. The number of allylic oxidation sites excluding steroid dienone is 1. The van der Waals surface area contributed by atoms with Crippen molar-refractivity contribution >= 4 is 0 Å². The van der Waals surface area contributed by atoms with E-state index >= 15 is 0 Å². The molecule has 0 bridgehead atoms. The van der Waals surface area contributed by atoms with Gasteiger partial charge in [-0.05, 0) is 19.3 Å². The molecule has 0 saturated heterocycles. The fourth-order valence-corrected chi connectivity index (χ4v) is 0.353. The molecule has 0 aliphatic rings. The summed E-state index contributed by atoms with van der Waals surface area (Å²) in [6.45, 7) is 4.72. The lowest BCUT2D eigenvalue weighted by molar-refractivity contribution is 0.371. The van der Waals surface area contributed by atoms with Gasteiger partial charge in [0.1, 0.15) is 0 Å². The molecule has 0 heterocycles. The Balaban J connectivity index is 2.56. The molecule has 0 aliphatic heterocycles. The smallest absolute Gasteiger partial charge is 0.0799 e. The SMILES string of the molecule is C=CCCC[CH]O. The van der Waals surface area contributed by atoms with Crippen molar-refractivity contribution in [1.82, 2.24) is 0 Å². The van der Waals surface area contributed by atoms with Gasteiger partial charge in [0.2, 0.25) is 0 Å². The Morgan fingerprint density at radius 2 is 2.14 bits per heavy atom. The third-order valence-electron chi connectivity index (χ3n) is 0.741. The van der Waals surface area contributed by atoms with E-state index in [1.165, 1.54) is 6.61 Å². The molecule has 0 aliphatic carbocycles. The van der Waals surface area contributed by atoms with Gasteiger partial charge in [0.15, 0.2) is 0 Å². The molecule has 1 radical (unpaired) electrons. The van der Waals surface area contributed by atoms with Crippen LogP contribution in [0.4, 0.5) is 0 Å². The summed E-state index contributed by atoms with van der Waals surface area (Å²) in [5.41, 5.74) is 0. The lowest BCUT2D eigenvalue weighted by Crippen LogP contribution is -1.72. The van der Waals surface area contributed by atoms with Crippen LogP contribution >= 0.6 is 0 Å². The first-order valence-electron chi connectivity index (χ1n) is 2.48. The first-order chi connectivity index (χ1) is 3.41. The average molecular weight is 99.2 g/mol. The fourth-order valence-electron chi connectivity index (χ4n) is 0.353. The monoisotopic (exact) mass is 99.1 g/mol. The van der Waals surface area contributed by atoms with E-state index < -0.39 is 0 Å². The molecule has 1 nitrogen and oxygen atoms in total. The third kappa shape index (κ3) is 5.70. The predicted molar refractivity (Wildman–Crippen MR) is 30.3 cm³/mol. The Morgan fingerprint density at radius 1 is 1.43 bits per heavy atom. The van der Waals surface area contributed by atoms with Crippen molar-refractivity contribution < 1.29 is 5.11 Å². The number of hydrogen-bond acceptors (Lipinski definition) is 1. The highest BCUT2D eigenvalue weighted by Gasteiger charge is 1.79. The van der Waals surface area contributed by atoms with Crippen LogP contribution in [0.3, 0.4) is 0 Å². The zero-order valence-electron chi connectivity index (χ0n) is 4.43. The van der Waals surface area contributed by atoms with Crippen LogP contribution in [0.5, 0.6) is 0 Å². The topological polar surface area (TPSA) is 20.2 Å². The Bertz CT molecular complexity index is 41.4. The molecule has 0 aromatic carbocycles. The fraction of sp³-hybridized carbons (Fsp3) is 0.500. The van der Waals surface area contributed by atoms with Crippen molar-refractivity contribution in [2.24, 2.45) is 0 Å². The number of unbranched alkanes of at least 4 members (excludes halogenated alkanes) is 2. The van der Waals surface area contributed by atoms with E-state index in [0.717, 1.165) is 19.3 Å². The summed E-state index contributed by atoms with van der Waals surface area (Å²) < 4.78 is 0. The second kappa shape index (κ2) is 5.70. The van der Waals surface area contributed by atoms with Gasteiger partial charge in [0.05, 0.1) is 6.61 Å². The third-order valence-corrected chi connectivity index (χ3v) is 0.741. The molecule has 0 rings (SSSR count). The van der Waals surface area contributed by atoms with Gasteiger partial charge in [-0.2, -0.15) is 0 Å². The minimum Gasteiger partial charge on any atom is -0.390 e. The molecular weight excluding hydrogens is 88.1 g/mol. The van der Waals surface area contributed by atoms with E-state index in [1.807, 2.05) is 6.08 Å². The van der Waals surface area contributed by atoms with Gasteiger partial charge >= 0.3 is 0 Å². The number of aliphatic hydroxyl groups excluding tert-OH is 1. The van der Waals surface area contributed by atoms with E-state index in [-0.39, 0.29) is 0 Å². The van der Waals surface area contributed by atoms with E-state index in [2.05, 4.69) is 6.58 Å². The van der Waals surface area contributed by atoms with Gasteiger partial charge < -0.3 is 5.11 Å². The van der Waals surface area contributed by atoms with Crippen molar-refractivity contribution in [2.75, 3.05) is 0 Å². The van der Waals surface area contributed by atoms with Crippen molar-refractivity contribution in [2.45, 2.75) is 19.3 Å². The molecule has 0 amide bonds. The molecule has 0 unspecified atom stereocenters. The summed E-state index contributed by atoms with van der Waals surface area (Å²) in [6.07, 6.45) is 4.65. The van der Waals surface area contributed by atoms with Gasteiger partial charge in [-0.1, -0.05) is 6.08 Å². The van der Waals surface area contributed by atoms with Crippen LogP contribution in [-0.2, 0) is 0 Å². The minimum absolute atomic E-state index is 0.784. The molecule has 1 N–H and O–H groups in total. The number of hydrogen-bond donors (Lipinski definition) is 1. The van der Waals surface area contributed by atoms with Crippen LogP contribution in [0.2, 0.25) is 0 Å². The highest BCUT2D eigenvalue weighted by molar-refractivity contribution is 4.66. The van der Waals surface area contributed by atoms with Gasteiger partial charge in [0.25, 0.3) is 0 Å². The molecule has 41 valence electrons. The molecule has 0 atom stereocenters. The Morgan fingerprint density at radius 3 is 2.57 bits per heavy atom. The lowest BCUT2D eigenvalue weighted by Gasteiger charge is -1.86. The van der Waals surface area contributed by atoms with E-state index in [1.54, 1.807) is 0 Å². The van der Waals surface area contributed by atoms with Gasteiger partial charge in [-0.25, -0.2) is 0 Å². The van der Waals surface area contributed by atoms with Gasteiger partial charge in [-0.3, -0.25) is 0 Å². The summed E-state index contributed by atoms with van der Waals surface area (Å²) in [5, 5.41) is 8.13. The van der Waals surface area contributed by atoms with Gasteiger partial charge in [-0.15, -0.1) is 6.58 Å². The van der Waals surface area contributed by atoms with Crippen molar-refractivity contribution in [3.63, 3.8) is 0 Å². The van der Waals surface area contributed by atoms with Crippen LogP contribution < -0.4 is 0 Å². The Hall–Kier alpha value is -0.300. The lowest BCUT2D eigenvalue weighted by atomic mass is 10.2. The molecular formula is C6H11O. The van der Waals surface area contributed by atoms with E-state index in [4.69, 9.17) is 5.11 Å². The van der Waals surface area contributed by atoms with Gasteiger partial charge in [0, 0.05) is 0 Å². The van der Waals surface area contributed by atoms with Crippen molar-refractivity contribution in [3.05, 3.63) is 19.3 Å². The molecule has 0 aromatic rings. The van der Waals surface area contributed by atoms with Crippen LogP contribution in [0, 0.1) is 6.61 Å². The second-order valence-electron chi connectivity index (χ2n) is 1.40. The normalized spacial score (nSPS) is 8.71. The predicted octanol–water partition coefficient (Wildman–Crippen LogP) is 1.88. The number of rotatable bonds is 4. The molecule has 0 saturated carbocycles. The summed E-state index contributed by atoms with van der Waals surface area (Å²) >= 11 is 0. The first-order valence-corrected chi connectivity index (χ1v) is 2.48. The van der Waals surface area contributed by atoms with Crippen molar-refractivity contribution in [1.29, 1.82) is 0 Å². The highest BCUT2D eigenvalue weighted by atomic mass is 16.2. The van der Waals surface area contributed by atoms with Crippen LogP contribution in [0.1, 0.15) is 19.3 Å². The Labute approximate surface area is 44.7 Å². The molecule has 0 spiro atoms. The summed E-state index contributed by atoms with van der Waals surface area (Å²) in [6, 6.07) is 0. The maximum Gasteiger partial charge on any atom is 0.0799 e. The standard InChI is InChI=1S/C6H11O/c1-2-3-4-5-6-7/h2,6-7H,1,3-5H2. The van der Waals surface area contributed by atoms with Crippen LogP contribution in [-0.4, -0.2) is 5.11 Å². The van der Waals surface area contributed by atoms with Crippen molar-refractivity contribution in [3.8, 4) is 0 Å². The summed E-state index contributed by atoms with van der Waals surface area (Å²) in [7, 11) is 0. The molecule has 0 aromatic heterocycles. The molecule has 7 heavy (non-hydrogen) atoms. The van der Waals surface area contributed by atoms with Crippen LogP contribution in [0.25, 0.3) is 0 Å². The number of aliphatic hydroxyl groups is 1. The zero-order valence-corrected chi connectivity index (χ0v) is 4.43. The zero-order chi connectivity index (χ0) is 5.54. The maximum atomic E-state index is 8.13. The average Bonchev–Trinajstić information content (AvgIpc) is 1.69. The maximum absolute atomic E-state index is 8.13. The summed E-state index contributed by atoms with van der Waals surface area (Å²) in [5.74, 6) is 0. The van der Waals surface area contributed by atoms with E-state index in [0.29, 0.717) is 0 Å². The molecule has 1 heteroatoms. The minimum atomic E-state index is 0.784. The molecule has 0 fully saturated rings. The quantitative estimate of drug-likeness (QED) is 0.421. The summed E-state index contributed by atoms with van der Waals surface area (Å²) in [4.78, 5) is 0. The Kier molecular flexibility index (Phi) is 5.46. The highest BCUT2D eigenvalue weighted by Crippen LogP contribution is 1.95.